The van der Waals surface area contributed by atoms with Crippen LogP contribution in [0.25, 0.3) is 0 Å². The van der Waals surface area contributed by atoms with E-state index in [4.69, 9.17) is 4.74 Å². The number of halogens is 1. The van der Waals surface area contributed by atoms with Crippen molar-refractivity contribution >= 4 is 15.9 Å². The Morgan fingerprint density at radius 1 is 1.25 bits per heavy atom. The normalized spacial score (nSPS) is 12.4. The summed E-state index contributed by atoms with van der Waals surface area (Å²) >= 11 is 3.61. The summed E-state index contributed by atoms with van der Waals surface area (Å²) in [7, 11) is 1.75. The molecule has 0 bridgehead atoms. The third-order valence-electron chi connectivity index (χ3n) is 3.71. The molecule has 0 aliphatic rings. The summed E-state index contributed by atoms with van der Waals surface area (Å²) in [5.74, 6) is 1.76. The lowest BCUT2D eigenvalue weighted by molar-refractivity contribution is 0.404. The zero-order valence-corrected chi connectivity index (χ0v) is 14.8. The molecule has 20 heavy (non-hydrogen) atoms. The maximum Gasteiger partial charge on any atom is 0.122 e. The number of ether oxygens (including phenoxy) is 1. The SMILES string of the molecule is CCCNCCC(C)CCc1cc(Br)c(C)cc1OC. The Balaban J connectivity index is 2.46. The summed E-state index contributed by atoms with van der Waals surface area (Å²) in [6.45, 7) is 8.90. The van der Waals surface area contributed by atoms with Gasteiger partial charge in [0.15, 0.2) is 0 Å². The van der Waals surface area contributed by atoms with Crippen molar-refractivity contribution in [3.05, 3.63) is 27.7 Å². The van der Waals surface area contributed by atoms with E-state index in [1.165, 1.54) is 34.9 Å². The maximum atomic E-state index is 5.49. The second-order valence-electron chi connectivity index (χ2n) is 5.60. The fourth-order valence-corrected chi connectivity index (χ4v) is 2.67. The van der Waals surface area contributed by atoms with Crippen molar-refractivity contribution in [2.75, 3.05) is 20.2 Å². The van der Waals surface area contributed by atoms with Gasteiger partial charge in [-0.1, -0.05) is 29.8 Å². The predicted octanol–water partition coefficient (Wildman–Crippen LogP) is 4.72. The molecule has 0 aromatic heterocycles. The molecule has 1 rings (SSSR count). The fraction of sp³-hybridized carbons (Fsp3) is 0.647. The van der Waals surface area contributed by atoms with E-state index in [1.54, 1.807) is 7.11 Å². The smallest absolute Gasteiger partial charge is 0.122 e. The van der Waals surface area contributed by atoms with Crippen molar-refractivity contribution in [3.63, 3.8) is 0 Å². The summed E-state index contributed by atoms with van der Waals surface area (Å²) in [6.07, 6.45) is 4.75. The highest BCUT2D eigenvalue weighted by molar-refractivity contribution is 9.10. The van der Waals surface area contributed by atoms with Gasteiger partial charge in [0, 0.05) is 4.47 Å². The van der Waals surface area contributed by atoms with Gasteiger partial charge in [-0.05, 0) is 74.9 Å². The van der Waals surface area contributed by atoms with Crippen LogP contribution in [0.15, 0.2) is 16.6 Å². The summed E-state index contributed by atoms with van der Waals surface area (Å²) in [5.41, 5.74) is 2.53. The van der Waals surface area contributed by atoms with Crippen LogP contribution in [-0.2, 0) is 6.42 Å². The Morgan fingerprint density at radius 3 is 2.65 bits per heavy atom. The summed E-state index contributed by atoms with van der Waals surface area (Å²) in [4.78, 5) is 0. The summed E-state index contributed by atoms with van der Waals surface area (Å²) < 4.78 is 6.67. The van der Waals surface area contributed by atoms with Gasteiger partial charge in [-0.25, -0.2) is 0 Å². The van der Waals surface area contributed by atoms with Crippen LogP contribution in [0.3, 0.4) is 0 Å². The summed E-state index contributed by atoms with van der Waals surface area (Å²) in [5, 5.41) is 3.47. The van der Waals surface area contributed by atoms with E-state index in [9.17, 15) is 0 Å². The van der Waals surface area contributed by atoms with Gasteiger partial charge in [0.2, 0.25) is 0 Å². The molecule has 0 saturated carbocycles. The quantitative estimate of drug-likeness (QED) is 0.656. The van der Waals surface area contributed by atoms with E-state index < -0.39 is 0 Å². The monoisotopic (exact) mass is 341 g/mol. The largest absolute Gasteiger partial charge is 0.496 e. The van der Waals surface area contributed by atoms with Crippen LogP contribution in [0, 0.1) is 12.8 Å². The molecule has 1 N–H and O–H groups in total. The third-order valence-corrected chi connectivity index (χ3v) is 4.56. The molecule has 0 heterocycles. The van der Waals surface area contributed by atoms with Crippen molar-refractivity contribution in [3.8, 4) is 5.75 Å². The van der Waals surface area contributed by atoms with E-state index in [2.05, 4.69) is 54.2 Å². The number of benzene rings is 1. The lowest BCUT2D eigenvalue weighted by Gasteiger charge is -2.15. The van der Waals surface area contributed by atoms with Crippen molar-refractivity contribution in [2.45, 2.75) is 46.5 Å². The van der Waals surface area contributed by atoms with Crippen LogP contribution >= 0.6 is 15.9 Å². The highest BCUT2D eigenvalue weighted by atomic mass is 79.9. The van der Waals surface area contributed by atoms with Gasteiger partial charge in [0.1, 0.15) is 5.75 Å². The topological polar surface area (TPSA) is 21.3 Å². The molecule has 114 valence electrons. The van der Waals surface area contributed by atoms with Gasteiger partial charge in [0.25, 0.3) is 0 Å². The zero-order valence-electron chi connectivity index (χ0n) is 13.3. The highest BCUT2D eigenvalue weighted by Crippen LogP contribution is 2.28. The van der Waals surface area contributed by atoms with E-state index in [0.717, 1.165) is 31.2 Å². The van der Waals surface area contributed by atoms with Gasteiger partial charge in [-0.2, -0.15) is 0 Å². The van der Waals surface area contributed by atoms with Crippen molar-refractivity contribution in [1.29, 1.82) is 0 Å². The number of hydrogen-bond acceptors (Lipinski definition) is 2. The van der Waals surface area contributed by atoms with Crippen LogP contribution in [-0.4, -0.2) is 20.2 Å². The van der Waals surface area contributed by atoms with Crippen LogP contribution in [0.5, 0.6) is 5.75 Å². The van der Waals surface area contributed by atoms with E-state index in [1.807, 2.05) is 0 Å². The highest BCUT2D eigenvalue weighted by Gasteiger charge is 2.09. The minimum atomic E-state index is 0.740. The molecule has 0 fully saturated rings. The van der Waals surface area contributed by atoms with Crippen LogP contribution in [0.2, 0.25) is 0 Å². The first-order valence-corrected chi connectivity index (χ1v) is 8.41. The lowest BCUT2D eigenvalue weighted by atomic mass is 9.97. The Labute approximate surface area is 132 Å². The Kier molecular flexibility index (Phi) is 8.24. The molecular formula is C17H28BrNO. The number of hydrogen-bond donors (Lipinski definition) is 1. The molecule has 0 saturated heterocycles. The molecule has 1 aromatic rings. The van der Waals surface area contributed by atoms with E-state index >= 15 is 0 Å². The minimum Gasteiger partial charge on any atom is -0.496 e. The first kappa shape index (κ1) is 17.5. The predicted molar refractivity (Wildman–Crippen MR) is 90.7 cm³/mol. The molecule has 1 atom stereocenters. The lowest BCUT2D eigenvalue weighted by Crippen LogP contribution is -2.18. The molecule has 0 spiro atoms. The Bertz CT molecular complexity index is 406. The summed E-state index contributed by atoms with van der Waals surface area (Å²) in [6, 6.07) is 4.32. The second kappa shape index (κ2) is 9.41. The van der Waals surface area contributed by atoms with Gasteiger partial charge < -0.3 is 10.1 Å². The van der Waals surface area contributed by atoms with E-state index in [-0.39, 0.29) is 0 Å². The number of rotatable bonds is 9. The van der Waals surface area contributed by atoms with Crippen molar-refractivity contribution in [1.82, 2.24) is 5.32 Å². The molecule has 0 amide bonds. The second-order valence-corrected chi connectivity index (χ2v) is 6.45. The maximum absolute atomic E-state index is 5.49. The first-order valence-electron chi connectivity index (χ1n) is 7.62. The van der Waals surface area contributed by atoms with Crippen molar-refractivity contribution < 1.29 is 4.74 Å². The molecule has 0 aliphatic carbocycles. The van der Waals surface area contributed by atoms with Crippen LogP contribution in [0.1, 0.15) is 44.2 Å². The van der Waals surface area contributed by atoms with Crippen LogP contribution in [0.4, 0.5) is 0 Å². The van der Waals surface area contributed by atoms with E-state index in [0.29, 0.717) is 0 Å². The molecule has 0 radical (unpaired) electrons. The molecule has 1 unspecified atom stereocenters. The average molecular weight is 342 g/mol. The van der Waals surface area contributed by atoms with Gasteiger partial charge in [-0.15, -0.1) is 0 Å². The fourth-order valence-electron chi connectivity index (χ4n) is 2.28. The molecular weight excluding hydrogens is 314 g/mol. The van der Waals surface area contributed by atoms with Gasteiger partial charge >= 0.3 is 0 Å². The number of methoxy groups -OCH3 is 1. The Morgan fingerprint density at radius 2 is 2.00 bits per heavy atom. The molecule has 3 heteroatoms. The minimum absolute atomic E-state index is 0.740. The standard InChI is InChI=1S/C17H28BrNO/c1-5-9-19-10-8-13(2)6-7-15-12-16(18)14(3)11-17(15)20-4/h11-13,19H,5-10H2,1-4H3. The zero-order chi connectivity index (χ0) is 15.0. The van der Waals surface area contributed by atoms with Crippen molar-refractivity contribution in [2.24, 2.45) is 5.92 Å². The first-order chi connectivity index (χ1) is 9.58. The number of aryl methyl sites for hydroxylation is 2. The van der Waals surface area contributed by atoms with Crippen LogP contribution < -0.4 is 10.1 Å². The van der Waals surface area contributed by atoms with Gasteiger partial charge in [0.05, 0.1) is 7.11 Å². The molecule has 2 nitrogen and oxygen atoms in total. The molecule has 0 aliphatic heterocycles. The average Bonchev–Trinajstić information content (AvgIpc) is 2.44. The molecule has 1 aromatic carbocycles. The third kappa shape index (κ3) is 5.84. The Hall–Kier alpha value is -0.540. The van der Waals surface area contributed by atoms with Gasteiger partial charge in [-0.3, -0.25) is 0 Å². The number of nitrogens with one attached hydrogen (secondary N) is 1.